The fourth-order valence-corrected chi connectivity index (χ4v) is 1.84. The molecule has 2 aromatic heterocycles. The summed E-state index contributed by atoms with van der Waals surface area (Å²) >= 11 is 1.41. The molecule has 2 N–H and O–H groups in total. The molecular formula is C11H11N5S. The first-order valence-corrected chi connectivity index (χ1v) is 5.93. The van der Waals surface area contributed by atoms with Gasteiger partial charge in [-0.15, -0.1) is 11.3 Å². The van der Waals surface area contributed by atoms with Crippen molar-refractivity contribution in [3.8, 4) is 6.07 Å². The monoisotopic (exact) mass is 245 g/mol. The zero-order valence-electron chi connectivity index (χ0n) is 9.08. The lowest BCUT2D eigenvalue weighted by Gasteiger charge is -1.92. The van der Waals surface area contributed by atoms with Gasteiger partial charge < -0.3 is 10.3 Å². The molecule has 0 aliphatic heterocycles. The predicted molar refractivity (Wildman–Crippen MR) is 67.9 cm³/mol. The normalized spacial score (nSPS) is 10.8. The van der Waals surface area contributed by atoms with Gasteiger partial charge in [-0.3, -0.25) is 0 Å². The zero-order valence-corrected chi connectivity index (χ0v) is 9.89. The van der Waals surface area contributed by atoms with E-state index < -0.39 is 0 Å². The summed E-state index contributed by atoms with van der Waals surface area (Å²) in [5, 5.41) is 10.9. The molecule has 0 aliphatic carbocycles. The number of imidazole rings is 1. The van der Waals surface area contributed by atoms with Crippen molar-refractivity contribution in [2.75, 3.05) is 5.73 Å². The van der Waals surface area contributed by atoms with Crippen LogP contribution in [0.25, 0.3) is 12.2 Å². The fraction of sp³-hybridized carbons (Fsp3) is 0.182. The lowest BCUT2D eigenvalue weighted by Crippen LogP contribution is -1.91. The maximum atomic E-state index is 8.47. The van der Waals surface area contributed by atoms with Gasteiger partial charge in [-0.2, -0.15) is 5.26 Å². The quantitative estimate of drug-likeness (QED) is 0.893. The third-order valence-electron chi connectivity index (χ3n) is 2.10. The van der Waals surface area contributed by atoms with E-state index >= 15 is 0 Å². The summed E-state index contributed by atoms with van der Waals surface area (Å²) in [5.74, 6) is 0. The van der Waals surface area contributed by atoms with Crippen molar-refractivity contribution < 1.29 is 0 Å². The van der Waals surface area contributed by atoms with Crippen molar-refractivity contribution in [2.45, 2.75) is 13.0 Å². The highest BCUT2D eigenvalue weighted by atomic mass is 32.1. The van der Waals surface area contributed by atoms with Crippen LogP contribution in [0.3, 0.4) is 0 Å². The third-order valence-corrected chi connectivity index (χ3v) is 2.79. The van der Waals surface area contributed by atoms with Gasteiger partial charge in [0.2, 0.25) is 0 Å². The van der Waals surface area contributed by atoms with E-state index in [9.17, 15) is 0 Å². The Bertz CT molecular complexity index is 560. The predicted octanol–water partition coefficient (Wildman–Crippen LogP) is 2.01. The maximum absolute atomic E-state index is 8.47. The Morgan fingerprint density at radius 1 is 1.47 bits per heavy atom. The average Bonchev–Trinajstić information content (AvgIpc) is 2.93. The number of nitriles is 1. The number of nitrogens with two attached hydrogens (primary N) is 1. The smallest absolute Gasteiger partial charge is 0.180 e. The molecule has 0 saturated heterocycles. The fourth-order valence-electron chi connectivity index (χ4n) is 1.31. The van der Waals surface area contributed by atoms with Crippen LogP contribution in [0, 0.1) is 11.3 Å². The molecule has 6 heteroatoms. The van der Waals surface area contributed by atoms with Crippen LogP contribution in [0.5, 0.6) is 0 Å². The van der Waals surface area contributed by atoms with Crippen molar-refractivity contribution >= 4 is 28.6 Å². The number of thiazole rings is 1. The van der Waals surface area contributed by atoms with Crippen LogP contribution in [-0.2, 0) is 6.54 Å². The lowest BCUT2D eigenvalue weighted by molar-refractivity contribution is 0.714. The first-order chi connectivity index (χ1) is 8.28. The number of aromatic nitrogens is 3. The Kier molecular flexibility index (Phi) is 3.52. The number of nitrogens with zero attached hydrogens (tertiary/aromatic N) is 4. The molecule has 17 heavy (non-hydrogen) atoms. The first-order valence-electron chi connectivity index (χ1n) is 5.06. The van der Waals surface area contributed by atoms with Gasteiger partial charge >= 0.3 is 0 Å². The van der Waals surface area contributed by atoms with Crippen LogP contribution in [0.4, 0.5) is 5.13 Å². The molecule has 2 aromatic rings. The number of hydrogen-bond donors (Lipinski definition) is 1. The van der Waals surface area contributed by atoms with E-state index in [1.165, 1.54) is 11.3 Å². The molecular weight excluding hydrogens is 234 g/mol. The van der Waals surface area contributed by atoms with Crippen LogP contribution in [-0.4, -0.2) is 14.5 Å². The van der Waals surface area contributed by atoms with E-state index in [0.717, 1.165) is 11.4 Å². The van der Waals surface area contributed by atoms with E-state index in [2.05, 4.69) is 16.0 Å². The Morgan fingerprint density at radius 3 is 3.00 bits per heavy atom. The second kappa shape index (κ2) is 5.27. The van der Waals surface area contributed by atoms with Crippen LogP contribution >= 0.6 is 11.3 Å². The van der Waals surface area contributed by atoms with Gasteiger partial charge in [0.1, 0.15) is 0 Å². The molecule has 0 aromatic carbocycles. The minimum absolute atomic E-state index is 0.488. The zero-order chi connectivity index (χ0) is 12.1. The minimum atomic E-state index is 0.488. The van der Waals surface area contributed by atoms with Crippen LogP contribution in [0.1, 0.15) is 17.8 Å². The Labute approximate surface area is 103 Å². The van der Waals surface area contributed by atoms with E-state index in [1.807, 2.05) is 28.3 Å². The molecule has 0 atom stereocenters. The summed E-state index contributed by atoms with van der Waals surface area (Å²) in [6.45, 7) is 0.668. The first kappa shape index (κ1) is 11.4. The van der Waals surface area contributed by atoms with E-state index in [1.54, 1.807) is 6.33 Å². The third kappa shape index (κ3) is 3.16. The molecule has 2 rings (SSSR count). The summed E-state index contributed by atoms with van der Waals surface area (Å²) in [6.07, 6.45) is 7.83. The molecule has 5 nitrogen and oxygen atoms in total. The van der Waals surface area contributed by atoms with Gasteiger partial charge in [-0.1, -0.05) is 0 Å². The Balaban J connectivity index is 2.01. The molecule has 0 unspecified atom stereocenters. The second-order valence-electron chi connectivity index (χ2n) is 3.39. The second-order valence-corrected chi connectivity index (χ2v) is 4.28. The molecule has 0 fully saturated rings. The molecule has 0 spiro atoms. The van der Waals surface area contributed by atoms with Gasteiger partial charge in [0.05, 0.1) is 30.2 Å². The number of rotatable bonds is 4. The maximum Gasteiger partial charge on any atom is 0.180 e. The molecule has 2 heterocycles. The van der Waals surface area contributed by atoms with Gasteiger partial charge in [0, 0.05) is 18.1 Å². The molecule has 0 aliphatic rings. The molecule has 0 amide bonds. The van der Waals surface area contributed by atoms with Crippen molar-refractivity contribution in [3.63, 3.8) is 0 Å². The van der Waals surface area contributed by atoms with Crippen LogP contribution in [0.15, 0.2) is 17.9 Å². The van der Waals surface area contributed by atoms with E-state index in [4.69, 9.17) is 11.0 Å². The minimum Gasteiger partial charge on any atom is -0.375 e. The van der Waals surface area contributed by atoms with Gasteiger partial charge in [0.15, 0.2) is 5.13 Å². The van der Waals surface area contributed by atoms with Crippen LogP contribution in [0.2, 0.25) is 0 Å². The summed E-state index contributed by atoms with van der Waals surface area (Å²) in [5.41, 5.74) is 7.20. The van der Waals surface area contributed by atoms with Crippen molar-refractivity contribution in [1.82, 2.24) is 14.5 Å². The highest BCUT2D eigenvalue weighted by Crippen LogP contribution is 2.13. The van der Waals surface area contributed by atoms with Crippen molar-refractivity contribution in [2.24, 2.45) is 0 Å². The Morgan fingerprint density at radius 2 is 2.29 bits per heavy atom. The van der Waals surface area contributed by atoms with Crippen molar-refractivity contribution in [1.29, 1.82) is 5.26 Å². The average molecular weight is 245 g/mol. The van der Waals surface area contributed by atoms with Crippen molar-refractivity contribution in [3.05, 3.63) is 29.3 Å². The van der Waals surface area contributed by atoms with Gasteiger partial charge in [0.25, 0.3) is 0 Å². The number of anilines is 1. The van der Waals surface area contributed by atoms with Gasteiger partial charge in [-0.05, 0) is 12.2 Å². The lowest BCUT2D eigenvalue weighted by atomic mass is 10.3. The molecule has 0 radical (unpaired) electrons. The largest absolute Gasteiger partial charge is 0.375 e. The van der Waals surface area contributed by atoms with E-state index in [-0.39, 0.29) is 0 Å². The summed E-state index contributed by atoms with van der Waals surface area (Å²) < 4.78 is 1.89. The number of aryl methyl sites for hydroxylation is 1. The number of hydrogen-bond acceptors (Lipinski definition) is 5. The summed E-state index contributed by atoms with van der Waals surface area (Å²) in [7, 11) is 0. The standard InChI is InChI=1S/C11H11N5S/c12-4-1-5-16-6-9(14-8-16)2-3-10-7-17-11(13)15-10/h2-3,6-8H,1,5H2,(H2,13,15)/b3-2+. The molecule has 0 saturated carbocycles. The Hall–Kier alpha value is -2.13. The highest BCUT2D eigenvalue weighted by Gasteiger charge is 1.96. The molecule has 86 valence electrons. The number of nitrogen functional groups attached to an aromatic ring is 1. The SMILES string of the molecule is N#CCCn1cnc(/C=C/c2csc(N)n2)c1. The summed E-state index contributed by atoms with van der Waals surface area (Å²) in [6, 6.07) is 2.10. The van der Waals surface area contributed by atoms with Crippen LogP contribution < -0.4 is 5.73 Å². The topological polar surface area (TPSA) is 80.5 Å². The highest BCUT2D eigenvalue weighted by molar-refractivity contribution is 7.13. The van der Waals surface area contributed by atoms with Gasteiger partial charge in [-0.25, -0.2) is 9.97 Å². The summed E-state index contributed by atoms with van der Waals surface area (Å²) in [4.78, 5) is 8.32. The van der Waals surface area contributed by atoms with E-state index in [0.29, 0.717) is 18.1 Å². The molecule has 0 bridgehead atoms.